The number of aryl methyl sites for hydroxylation is 2. The van der Waals surface area contributed by atoms with E-state index in [-0.39, 0.29) is 5.91 Å². The summed E-state index contributed by atoms with van der Waals surface area (Å²) in [5.74, 6) is 0.516. The second-order valence-electron chi connectivity index (χ2n) is 6.60. The van der Waals surface area contributed by atoms with E-state index in [1.54, 1.807) is 0 Å². The van der Waals surface area contributed by atoms with Crippen LogP contribution in [0.2, 0.25) is 0 Å². The summed E-state index contributed by atoms with van der Waals surface area (Å²) < 4.78 is 7.75. The Kier molecular flexibility index (Phi) is 4.55. The number of hydrogen-bond acceptors (Lipinski definition) is 3. The van der Waals surface area contributed by atoms with Crippen molar-refractivity contribution >= 4 is 5.91 Å². The molecule has 0 bridgehead atoms. The molecule has 130 valence electrons. The molecule has 2 aliphatic heterocycles. The van der Waals surface area contributed by atoms with Crippen LogP contribution >= 0.6 is 0 Å². The number of benzene rings is 1. The molecule has 0 fully saturated rings. The van der Waals surface area contributed by atoms with Crippen LogP contribution in [0.4, 0.5) is 0 Å². The number of allylic oxidation sites excluding steroid dienone is 1. The lowest BCUT2D eigenvalue weighted by molar-refractivity contribution is -0.132. The molecule has 0 aliphatic carbocycles. The predicted molar refractivity (Wildman–Crippen MR) is 94.8 cm³/mol. The molecular weight excluding hydrogens is 314 g/mol. The highest BCUT2D eigenvalue weighted by Gasteiger charge is 2.27. The molecule has 3 heterocycles. The van der Waals surface area contributed by atoms with Crippen LogP contribution in [0.15, 0.2) is 48.5 Å². The lowest BCUT2D eigenvalue weighted by Gasteiger charge is -2.28. The summed E-state index contributed by atoms with van der Waals surface area (Å²) in [6, 6.07) is 10.5. The molecule has 0 radical (unpaired) electrons. The molecule has 0 unspecified atom stereocenters. The zero-order valence-electron chi connectivity index (χ0n) is 14.4. The van der Waals surface area contributed by atoms with Crippen LogP contribution < -0.4 is 0 Å². The molecule has 2 aromatic rings. The maximum absolute atomic E-state index is 12.6. The van der Waals surface area contributed by atoms with Crippen molar-refractivity contribution in [2.75, 3.05) is 13.2 Å². The van der Waals surface area contributed by atoms with Gasteiger partial charge in [0.05, 0.1) is 25.2 Å². The Balaban J connectivity index is 1.42. The number of fused-ring (bicyclic) bond motifs is 1. The van der Waals surface area contributed by atoms with Crippen LogP contribution in [0, 0.1) is 0 Å². The van der Waals surface area contributed by atoms with Crippen LogP contribution in [0.25, 0.3) is 0 Å². The fourth-order valence-electron chi connectivity index (χ4n) is 3.49. The Morgan fingerprint density at radius 3 is 2.92 bits per heavy atom. The third-order valence-corrected chi connectivity index (χ3v) is 4.91. The predicted octanol–water partition coefficient (Wildman–Crippen LogP) is 2.70. The van der Waals surface area contributed by atoms with E-state index in [4.69, 9.17) is 4.74 Å². The number of imidazole rings is 1. The second-order valence-corrected chi connectivity index (χ2v) is 6.60. The molecule has 0 saturated carbocycles. The number of hydrogen-bond donors (Lipinski definition) is 0. The monoisotopic (exact) mass is 337 g/mol. The molecule has 5 nitrogen and oxygen atoms in total. The minimum Gasteiger partial charge on any atom is -0.488 e. The van der Waals surface area contributed by atoms with Gasteiger partial charge in [0.2, 0.25) is 0 Å². The van der Waals surface area contributed by atoms with Gasteiger partial charge in [0.1, 0.15) is 0 Å². The fraction of sp³-hybridized carbons (Fsp3) is 0.400. The lowest BCUT2D eigenvalue weighted by atomic mass is 10.1. The summed E-state index contributed by atoms with van der Waals surface area (Å²) in [4.78, 5) is 19.0. The number of amides is 1. The number of carbonyl (C=O) groups excluding carboxylic acids is 1. The first-order chi connectivity index (χ1) is 12.3. The molecule has 0 saturated heterocycles. The molecule has 0 spiro atoms. The number of rotatable bonds is 4. The van der Waals surface area contributed by atoms with Crippen molar-refractivity contribution in [2.24, 2.45) is 0 Å². The van der Waals surface area contributed by atoms with Gasteiger partial charge in [-0.3, -0.25) is 4.79 Å². The Morgan fingerprint density at radius 1 is 1.24 bits per heavy atom. The maximum atomic E-state index is 12.6. The van der Waals surface area contributed by atoms with Crippen molar-refractivity contribution in [1.82, 2.24) is 14.5 Å². The van der Waals surface area contributed by atoms with Gasteiger partial charge in [0.25, 0.3) is 5.91 Å². The molecular formula is C20H23N3O2. The summed E-state index contributed by atoms with van der Waals surface area (Å²) in [6.07, 6.45) is 7.59. The SMILES string of the molecule is O=C(C1=CCCCO1)N1CCc2c(ncn2CCc2ccccc2)C1. The minimum absolute atomic E-state index is 0.00388. The summed E-state index contributed by atoms with van der Waals surface area (Å²) in [5.41, 5.74) is 3.61. The molecule has 1 amide bonds. The second kappa shape index (κ2) is 7.13. The van der Waals surface area contributed by atoms with Gasteiger partial charge in [-0.1, -0.05) is 30.3 Å². The van der Waals surface area contributed by atoms with Gasteiger partial charge < -0.3 is 14.2 Å². The molecule has 0 N–H and O–H groups in total. The zero-order chi connectivity index (χ0) is 17.1. The van der Waals surface area contributed by atoms with Crippen molar-refractivity contribution in [3.8, 4) is 0 Å². The first-order valence-electron chi connectivity index (χ1n) is 9.00. The molecule has 0 atom stereocenters. The van der Waals surface area contributed by atoms with Crippen LogP contribution in [0.3, 0.4) is 0 Å². The number of carbonyl (C=O) groups is 1. The standard InChI is InChI=1S/C20H23N3O2/c24-20(19-8-4-5-13-25-19)22-12-10-18-17(14-22)21-15-23(18)11-9-16-6-2-1-3-7-16/h1-3,6-8,15H,4-5,9-14H2. The number of ether oxygens (including phenoxy) is 1. The normalized spacial score (nSPS) is 16.8. The van der Waals surface area contributed by atoms with Gasteiger partial charge in [-0.15, -0.1) is 0 Å². The largest absolute Gasteiger partial charge is 0.488 e. The Labute approximate surface area is 147 Å². The number of aromatic nitrogens is 2. The number of nitrogens with zero attached hydrogens (tertiary/aromatic N) is 3. The highest BCUT2D eigenvalue weighted by molar-refractivity contribution is 5.91. The van der Waals surface area contributed by atoms with Gasteiger partial charge in [-0.25, -0.2) is 4.98 Å². The summed E-state index contributed by atoms with van der Waals surface area (Å²) in [6.45, 7) is 2.87. The van der Waals surface area contributed by atoms with E-state index in [9.17, 15) is 4.79 Å². The van der Waals surface area contributed by atoms with Crippen LogP contribution in [0.1, 0.15) is 29.8 Å². The Bertz CT molecular complexity index is 779. The van der Waals surface area contributed by atoms with Crippen LogP contribution in [-0.4, -0.2) is 33.5 Å². The van der Waals surface area contributed by atoms with Gasteiger partial charge in [-0.2, -0.15) is 0 Å². The highest BCUT2D eigenvalue weighted by atomic mass is 16.5. The van der Waals surface area contributed by atoms with Crippen molar-refractivity contribution in [1.29, 1.82) is 0 Å². The average Bonchev–Trinajstić information content (AvgIpc) is 3.09. The topological polar surface area (TPSA) is 47.4 Å². The maximum Gasteiger partial charge on any atom is 0.288 e. The van der Waals surface area contributed by atoms with E-state index in [1.807, 2.05) is 23.4 Å². The van der Waals surface area contributed by atoms with Crippen molar-refractivity contribution in [3.63, 3.8) is 0 Å². The van der Waals surface area contributed by atoms with Crippen molar-refractivity contribution in [3.05, 3.63) is 65.4 Å². The molecule has 5 heteroatoms. The Morgan fingerprint density at radius 2 is 2.12 bits per heavy atom. The third kappa shape index (κ3) is 3.45. The van der Waals surface area contributed by atoms with Crippen LogP contribution in [0.5, 0.6) is 0 Å². The zero-order valence-corrected chi connectivity index (χ0v) is 14.4. The highest BCUT2D eigenvalue weighted by Crippen LogP contribution is 2.21. The van der Waals surface area contributed by atoms with Gasteiger partial charge in [-0.05, 0) is 30.9 Å². The Hall–Kier alpha value is -2.56. The van der Waals surface area contributed by atoms with E-state index < -0.39 is 0 Å². The molecule has 1 aromatic carbocycles. The quantitative estimate of drug-likeness (QED) is 0.862. The van der Waals surface area contributed by atoms with Crippen molar-refractivity contribution in [2.45, 2.75) is 38.8 Å². The fourth-order valence-corrected chi connectivity index (χ4v) is 3.49. The van der Waals surface area contributed by atoms with E-state index in [1.165, 1.54) is 11.3 Å². The molecule has 25 heavy (non-hydrogen) atoms. The van der Waals surface area contributed by atoms with E-state index in [2.05, 4.69) is 33.8 Å². The minimum atomic E-state index is 0.00388. The van der Waals surface area contributed by atoms with Crippen LogP contribution in [-0.2, 0) is 35.5 Å². The van der Waals surface area contributed by atoms with E-state index in [0.717, 1.165) is 44.5 Å². The van der Waals surface area contributed by atoms with E-state index in [0.29, 0.717) is 18.9 Å². The van der Waals surface area contributed by atoms with Crippen molar-refractivity contribution < 1.29 is 9.53 Å². The first-order valence-corrected chi connectivity index (χ1v) is 9.00. The summed E-state index contributed by atoms with van der Waals surface area (Å²) in [5, 5.41) is 0. The van der Waals surface area contributed by atoms with Gasteiger partial charge in [0, 0.05) is 25.2 Å². The smallest absolute Gasteiger partial charge is 0.288 e. The lowest BCUT2D eigenvalue weighted by Crippen LogP contribution is -2.38. The third-order valence-electron chi connectivity index (χ3n) is 4.91. The molecule has 2 aliphatic rings. The summed E-state index contributed by atoms with van der Waals surface area (Å²) >= 11 is 0. The average molecular weight is 337 g/mol. The van der Waals surface area contributed by atoms with E-state index >= 15 is 0 Å². The molecule has 4 rings (SSSR count). The van der Waals surface area contributed by atoms with Gasteiger partial charge >= 0.3 is 0 Å². The van der Waals surface area contributed by atoms with Gasteiger partial charge in [0.15, 0.2) is 5.76 Å². The first kappa shape index (κ1) is 15.9. The summed E-state index contributed by atoms with van der Waals surface area (Å²) in [7, 11) is 0. The molecule has 1 aromatic heterocycles.